The van der Waals surface area contributed by atoms with Gasteiger partial charge in [0.25, 0.3) is 11.8 Å². The summed E-state index contributed by atoms with van der Waals surface area (Å²) in [5.74, 6) is -1.50. The molecule has 2 N–H and O–H groups in total. The summed E-state index contributed by atoms with van der Waals surface area (Å²) < 4.78 is 5.55. The maximum Gasteiger partial charge on any atom is 0.301 e. The number of aliphatic hydroxyl groups is 1. The van der Waals surface area contributed by atoms with Crippen molar-refractivity contribution in [2.24, 2.45) is 0 Å². The number of aryl methyl sites for hydroxylation is 1. The monoisotopic (exact) mass is 530 g/mol. The molecule has 1 aliphatic rings. The van der Waals surface area contributed by atoms with E-state index in [-0.39, 0.29) is 16.7 Å². The summed E-state index contributed by atoms with van der Waals surface area (Å²) in [5.41, 5.74) is 3.03. The number of amides is 1. The zero-order chi connectivity index (χ0) is 28.9. The number of anilines is 1. The minimum atomic E-state index is -0.833. The molecule has 4 rings (SSSR count). The number of carboxylic acid groups (broad SMARTS) is 1. The molecule has 1 unspecified atom stereocenters. The number of aromatic nitrogens is 1. The van der Waals surface area contributed by atoms with E-state index < -0.39 is 23.7 Å². The predicted molar refractivity (Wildman–Crippen MR) is 150 cm³/mol. The van der Waals surface area contributed by atoms with Crippen molar-refractivity contribution in [2.75, 3.05) is 11.5 Å². The number of Topliss-reactive ketones (excluding diaryl/α,β-unsaturated/α-hetero) is 1. The Hall–Kier alpha value is -4.46. The number of aliphatic hydroxyl groups excluding tert-OH is 1. The van der Waals surface area contributed by atoms with Crippen LogP contribution in [-0.2, 0) is 19.8 Å². The lowest BCUT2D eigenvalue weighted by atomic mass is 9.85. The van der Waals surface area contributed by atoms with Gasteiger partial charge in [-0.2, -0.15) is 0 Å². The van der Waals surface area contributed by atoms with Gasteiger partial charge >= 0.3 is 5.91 Å². The zero-order valence-corrected chi connectivity index (χ0v) is 23.1. The Morgan fingerprint density at radius 1 is 1.03 bits per heavy atom. The molecule has 204 valence electrons. The van der Waals surface area contributed by atoms with Crippen LogP contribution in [-0.4, -0.2) is 39.5 Å². The Balaban J connectivity index is 0.000000983. The minimum absolute atomic E-state index is 0.0384. The van der Waals surface area contributed by atoms with Crippen molar-refractivity contribution < 1.29 is 29.3 Å². The summed E-state index contributed by atoms with van der Waals surface area (Å²) in [6.45, 7) is 11.7. The number of carbonyl (C=O) groups excluding carboxylic acids is 2. The number of carboxylic acids is 1. The highest BCUT2D eigenvalue weighted by Crippen LogP contribution is 2.42. The molecule has 0 saturated carbocycles. The molecule has 1 saturated heterocycles. The van der Waals surface area contributed by atoms with Crippen LogP contribution in [0.3, 0.4) is 0 Å². The SMILES string of the molecule is CC(=O)O.CCOc1ccc(/C(O)=C2/C(=O)C(=O)N(c3ccccn3)C2c2ccc(C(C)(C)C)cc2)c(C)c1. The average molecular weight is 531 g/mol. The number of hydrogen-bond acceptors (Lipinski definition) is 6. The number of ketones is 1. The fourth-order valence-electron chi connectivity index (χ4n) is 4.35. The first-order chi connectivity index (χ1) is 18.4. The number of benzene rings is 2. The highest BCUT2D eigenvalue weighted by molar-refractivity contribution is 6.51. The van der Waals surface area contributed by atoms with Gasteiger partial charge in [-0.1, -0.05) is 51.1 Å². The lowest BCUT2D eigenvalue weighted by Crippen LogP contribution is -2.30. The molecule has 1 aromatic heterocycles. The van der Waals surface area contributed by atoms with E-state index in [1.807, 2.05) is 38.1 Å². The summed E-state index contributed by atoms with van der Waals surface area (Å²) >= 11 is 0. The quantitative estimate of drug-likeness (QED) is 0.243. The molecular formula is C31H34N2O6. The number of pyridine rings is 1. The maximum absolute atomic E-state index is 13.3. The number of aliphatic carboxylic acids is 1. The van der Waals surface area contributed by atoms with Crippen LogP contribution in [0.15, 0.2) is 72.4 Å². The van der Waals surface area contributed by atoms with Crippen LogP contribution in [0.4, 0.5) is 5.82 Å². The lowest BCUT2D eigenvalue weighted by molar-refractivity contribution is -0.134. The predicted octanol–water partition coefficient (Wildman–Crippen LogP) is 5.80. The summed E-state index contributed by atoms with van der Waals surface area (Å²) in [4.78, 5) is 41.3. The van der Waals surface area contributed by atoms with Crippen LogP contribution in [0.2, 0.25) is 0 Å². The van der Waals surface area contributed by atoms with Crippen molar-refractivity contribution in [3.8, 4) is 5.75 Å². The first-order valence-electron chi connectivity index (χ1n) is 12.6. The molecule has 8 nitrogen and oxygen atoms in total. The van der Waals surface area contributed by atoms with Gasteiger partial charge in [-0.3, -0.25) is 19.3 Å². The van der Waals surface area contributed by atoms with Gasteiger partial charge in [-0.25, -0.2) is 4.98 Å². The molecule has 0 aliphatic carbocycles. The van der Waals surface area contributed by atoms with Crippen molar-refractivity contribution >= 4 is 29.2 Å². The Kier molecular flexibility index (Phi) is 8.91. The van der Waals surface area contributed by atoms with Crippen LogP contribution in [0, 0.1) is 6.92 Å². The highest BCUT2D eigenvalue weighted by atomic mass is 16.5. The van der Waals surface area contributed by atoms with Gasteiger partial charge in [0.05, 0.1) is 18.2 Å². The molecule has 1 amide bonds. The van der Waals surface area contributed by atoms with E-state index in [1.54, 1.807) is 42.6 Å². The topological polar surface area (TPSA) is 117 Å². The van der Waals surface area contributed by atoms with Crippen molar-refractivity contribution in [2.45, 2.75) is 53.0 Å². The van der Waals surface area contributed by atoms with Crippen molar-refractivity contribution in [1.82, 2.24) is 4.98 Å². The molecule has 1 aliphatic heterocycles. The van der Waals surface area contributed by atoms with E-state index in [0.717, 1.165) is 18.1 Å². The van der Waals surface area contributed by atoms with E-state index in [4.69, 9.17) is 14.6 Å². The van der Waals surface area contributed by atoms with Gasteiger partial charge in [0.1, 0.15) is 17.3 Å². The fraction of sp³-hybridized carbons (Fsp3) is 0.290. The Morgan fingerprint density at radius 2 is 1.67 bits per heavy atom. The van der Waals surface area contributed by atoms with Gasteiger partial charge in [-0.05, 0) is 66.3 Å². The standard InChI is InChI=1S/C29H30N2O4.C2H4O2/c1-6-35-21-14-15-22(18(2)17-21)26(32)24-25(19-10-12-20(13-11-19)29(3,4)5)31(28(34)27(24)33)23-9-7-8-16-30-23;1-2(3)4/h7-17,25,32H,6H2,1-5H3;1H3,(H,3,4)/b26-24-;. The number of hydrogen-bond donors (Lipinski definition) is 2. The van der Waals surface area contributed by atoms with Crippen molar-refractivity contribution in [3.63, 3.8) is 0 Å². The molecule has 3 aromatic rings. The third-order valence-corrected chi connectivity index (χ3v) is 6.20. The van der Waals surface area contributed by atoms with Crippen LogP contribution < -0.4 is 9.64 Å². The van der Waals surface area contributed by atoms with Gasteiger partial charge in [0.15, 0.2) is 0 Å². The zero-order valence-electron chi connectivity index (χ0n) is 23.1. The maximum atomic E-state index is 13.3. The molecule has 8 heteroatoms. The van der Waals surface area contributed by atoms with Crippen LogP contribution >= 0.6 is 0 Å². The lowest BCUT2D eigenvalue weighted by Gasteiger charge is -2.26. The van der Waals surface area contributed by atoms with Crippen LogP contribution in [0.1, 0.15) is 62.9 Å². The second kappa shape index (κ2) is 11.9. The highest BCUT2D eigenvalue weighted by Gasteiger charge is 2.47. The Labute approximate surface area is 228 Å². The van der Waals surface area contributed by atoms with Crippen LogP contribution in [0.25, 0.3) is 5.76 Å². The largest absolute Gasteiger partial charge is 0.507 e. The molecule has 0 spiro atoms. The number of nitrogens with zero attached hydrogens (tertiary/aromatic N) is 2. The smallest absolute Gasteiger partial charge is 0.301 e. The van der Waals surface area contributed by atoms with Gasteiger partial charge < -0.3 is 14.9 Å². The first-order valence-corrected chi connectivity index (χ1v) is 12.6. The van der Waals surface area contributed by atoms with Crippen molar-refractivity contribution in [1.29, 1.82) is 0 Å². The van der Waals surface area contributed by atoms with E-state index in [1.165, 1.54) is 4.90 Å². The molecule has 1 fully saturated rings. The van der Waals surface area contributed by atoms with Crippen LogP contribution in [0.5, 0.6) is 5.75 Å². The summed E-state index contributed by atoms with van der Waals surface area (Å²) in [6.07, 6.45) is 1.57. The second-order valence-electron chi connectivity index (χ2n) is 10.2. The second-order valence-corrected chi connectivity index (χ2v) is 10.2. The normalized spacial score (nSPS) is 16.5. The average Bonchev–Trinajstić information content (AvgIpc) is 3.14. The molecule has 2 aromatic carbocycles. The van der Waals surface area contributed by atoms with E-state index in [2.05, 4.69) is 25.8 Å². The number of carbonyl (C=O) groups is 3. The van der Waals surface area contributed by atoms with Gasteiger partial charge in [0, 0.05) is 18.7 Å². The molecular weight excluding hydrogens is 496 g/mol. The summed E-state index contributed by atoms with van der Waals surface area (Å²) in [7, 11) is 0. The molecule has 0 bridgehead atoms. The molecule has 39 heavy (non-hydrogen) atoms. The van der Waals surface area contributed by atoms with Crippen molar-refractivity contribution in [3.05, 3.63) is 94.7 Å². The molecule has 2 heterocycles. The van der Waals surface area contributed by atoms with E-state index >= 15 is 0 Å². The third-order valence-electron chi connectivity index (χ3n) is 6.20. The van der Waals surface area contributed by atoms with E-state index in [9.17, 15) is 14.7 Å². The molecule has 0 radical (unpaired) electrons. The van der Waals surface area contributed by atoms with E-state index in [0.29, 0.717) is 29.3 Å². The summed E-state index contributed by atoms with van der Waals surface area (Å²) in [5, 5.41) is 18.8. The fourth-order valence-corrected chi connectivity index (χ4v) is 4.35. The molecule has 1 atom stereocenters. The van der Waals surface area contributed by atoms with Gasteiger partial charge in [0.2, 0.25) is 0 Å². The minimum Gasteiger partial charge on any atom is -0.507 e. The van der Waals surface area contributed by atoms with Gasteiger partial charge in [-0.15, -0.1) is 0 Å². The summed E-state index contributed by atoms with van der Waals surface area (Å²) in [6, 6.07) is 17.4. The Morgan fingerprint density at radius 3 is 2.18 bits per heavy atom. The number of ether oxygens (including phenoxy) is 1. The third kappa shape index (κ3) is 6.52. The number of rotatable bonds is 5. The first kappa shape index (κ1) is 29.1. The Bertz CT molecular complexity index is 1380.